The van der Waals surface area contributed by atoms with Crippen LogP contribution in [0, 0.1) is 5.92 Å². The Balaban J connectivity index is 4.97. The first-order chi connectivity index (χ1) is 15.3. The van der Waals surface area contributed by atoms with E-state index in [4.69, 9.17) is 22.9 Å². The monoisotopic (exact) mass is 472 g/mol. The Morgan fingerprint density at radius 1 is 0.879 bits per heavy atom. The van der Waals surface area contributed by atoms with Gasteiger partial charge < -0.3 is 44.0 Å². The van der Waals surface area contributed by atoms with E-state index in [1.165, 1.54) is 6.92 Å². The summed E-state index contributed by atoms with van der Waals surface area (Å²) >= 11 is 0. The van der Waals surface area contributed by atoms with Gasteiger partial charge in [0, 0.05) is 13.0 Å². The highest BCUT2D eigenvalue weighted by atomic mass is 16.4. The van der Waals surface area contributed by atoms with Gasteiger partial charge in [0.05, 0.1) is 6.04 Å². The second kappa shape index (κ2) is 14.6. The molecule has 0 aliphatic carbocycles. The van der Waals surface area contributed by atoms with Gasteiger partial charge in [-0.15, -0.1) is 0 Å². The van der Waals surface area contributed by atoms with Crippen molar-refractivity contribution in [3.8, 4) is 0 Å². The average molecular weight is 473 g/mol. The van der Waals surface area contributed by atoms with E-state index in [1.807, 2.05) is 0 Å². The molecule has 33 heavy (non-hydrogen) atoms. The number of nitrogens with two attached hydrogens (primary N) is 4. The number of guanidine groups is 1. The van der Waals surface area contributed by atoms with Crippen LogP contribution in [0.2, 0.25) is 0 Å². The van der Waals surface area contributed by atoms with E-state index < -0.39 is 53.8 Å². The minimum atomic E-state index is -1.24. The lowest BCUT2D eigenvalue weighted by atomic mass is 10.0. The molecule has 0 aromatic carbocycles. The fraction of sp³-hybridized carbons (Fsp3) is 0.684. The highest BCUT2D eigenvalue weighted by molar-refractivity contribution is 5.94. The predicted octanol–water partition coefficient (Wildman–Crippen LogP) is -3.15. The van der Waals surface area contributed by atoms with Crippen LogP contribution in [-0.4, -0.2) is 71.4 Å². The quantitative estimate of drug-likeness (QED) is 0.0678. The van der Waals surface area contributed by atoms with Crippen LogP contribution in [0.5, 0.6) is 0 Å². The molecule has 0 radical (unpaired) electrons. The molecule has 4 amide bonds. The van der Waals surface area contributed by atoms with E-state index in [2.05, 4.69) is 20.9 Å². The van der Waals surface area contributed by atoms with E-state index in [-0.39, 0.29) is 37.7 Å². The zero-order chi connectivity index (χ0) is 25.7. The molecule has 0 aromatic rings. The van der Waals surface area contributed by atoms with Gasteiger partial charge in [-0.2, -0.15) is 0 Å². The van der Waals surface area contributed by atoms with Crippen LogP contribution in [0.25, 0.3) is 0 Å². The minimum Gasteiger partial charge on any atom is -0.480 e. The lowest BCUT2D eigenvalue weighted by Crippen LogP contribution is -2.57. The molecule has 0 aliphatic heterocycles. The third kappa shape index (κ3) is 12.3. The molecule has 14 nitrogen and oxygen atoms in total. The lowest BCUT2D eigenvalue weighted by Gasteiger charge is -2.26. The number of carbonyl (C=O) groups excluding carboxylic acids is 4. The molecule has 4 unspecified atom stereocenters. The number of rotatable bonds is 15. The Morgan fingerprint density at radius 3 is 1.97 bits per heavy atom. The Hall–Kier alpha value is -3.42. The molecule has 0 bridgehead atoms. The van der Waals surface area contributed by atoms with Crippen LogP contribution in [0.4, 0.5) is 0 Å². The van der Waals surface area contributed by atoms with E-state index >= 15 is 0 Å². The predicted molar refractivity (Wildman–Crippen MR) is 120 cm³/mol. The summed E-state index contributed by atoms with van der Waals surface area (Å²) in [5.74, 6) is -4.37. The number of primary amides is 1. The van der Waals surface area contributed by atoms with Crippen LogP contribution in [0.1, 0.15) is 46.5 Å². The van der Waals surface area contributed by atoms with Gasteiger partial charge in [0.15, 0.2) is 5.96 Å². The number of aliphatic carboxylic acids is 1. The summed E-state index contributed by atoms with van der Waals surface area (Å²) in [6.45, 7) is 4.93. The molecule has 0 rings (SSSR count). The molecular formula is C19H36N8O6. The maximum absolute atomic E-state index is 12.7. The van der Waals surface area contributed by atoms with Crippen molar-refractivity contribution >= 4 is 35.6 Å². The van der Waals surface area contributed by atoms with Crippen molar-refractivity contribution in [3.05, 3.63) is 0 Å². The fourth-order valence-electron chi connectivity index (χ4n) is 2.65. The molecule has 0 fully saturated rings. The van der Waals surface area contributed by atoms with Crippen molar-refractivity contribution in [1.82, 2.24) is 16.0 Å². The summed E-state index contributed by atoms with van der Waals surface area (Å²) in [7, 11) is 0. The third-order valence-electron chi connectivity index (χ3n) is 4.60. The fourth-order valence-corrected chi connectivity index (χ4v) is 2.65. The standard InChI is InChI=1S/C19H36N8O6/c1-9(2)14(17(31)26-12(18(32)33)5-4-8-24-19(22)23)27-15(29)10(3)25-16(30)11(20)6-7-13(21)28/h9-12,14H,4-8,20H2,1-3H3,(H2,21,28)(H,25,30)(H,26,31)(H,27,29)(H,32,33)(H4,22,23,24). The number of hydrogen-bond acceptors (Lipinski definition) is 7. The number of carboxylic acids is 1. The van der Waals surface area contributed by atoms with Crippen LogP contribution in [0.3, 0.4) is 0 Å². The smallest absolute Gasteiger partial charge is 0.326 e. The van der Waals surface area contributed by atoms with E-state index in [0.717, 1.165) is 0 Å². The second-order valence-electron chi connectivity index (χ2n) is 7.92. The Morgan fingerprint density at radius 2 is 1.48 bits per heavy atom. The summed E-state index contributed by atoms with van der Waals surface area (Å²) in [6, 6.07) is -4.33. The molecule has 188 valence electrons. The van der Waals surface area contributed by atoms with Crippen molar-refractivity contribution in [2.24, 2.45) is 33.8 Å². The van der Waals surface area contributed by atoms with Gasteiger partial charge in [0.2, 0.25) is 23.6 Å². The molecule has 0 saturated carbocycles. The van der Waals surface area contributed by atoms with Gasteiger partial charge in [-0.3, -0.25) is 24.2 Å². The normalized spacial score (nSPS) is 14.3. The molecule has 0 aliphatic rings. The largest absolute Gasteiger partial charge is 0.480 e. The first kappa shape index (κ1) is 29.6. The Kier molecular flexibility index (Phi) is 13.1. The Labute approximate surface area is 192 Å². The zero-order valence-electron chi connectivity index (χ0n) is 19.2. The lowest BCUT2D eigenvalue weighted by molar-refractivity contribution is -0.142. The highest BCUT2D eigenvalue weighted by Crippen LogP contribution is 2.06. The summed E-state index contributed by atoms with van der Waals surface area (Å²) in [6.07, 6.45) is 0.326. The first-order valence-corrected chi connectivity index (χ1v) is 10.5. The minimum absolute atomic E-state index is 0.0201. The van der Waals surface area contributed by atoms with Gasteiger partial charge in [-0.25, -0.2) is 4.79 Å². The third-order valence-corrected chi connectivity index (χ3v) is 4.60. The van der Waals surface area contributed by atoms with Gasteiger partial charge in [-0.05, 0) is 32.1 Å². The maximum atomic E-state index is 12.7. The molecule has 12 N–H and O–H groups in total. The number of hydrogen-bond donors (Lipinski definition) is 8. The second-order valence-corrected chi connectivity index (χ2v) is 7.92. The van der Waals surface area contributed by atoms with Gasteiger partial charge >= 0.3 is 5.97 Å². The number of carbonyl (C=O) groups is 5. The van der Waals surface area contributed by atoms with Crippen molar-refractivity contribution in [1.29, 1.82) is 0 Å². The Bertz CT molecular complexity index is 738. The summed E-state index contributed by atoms with van der Waals surface area (Å²) in [4.78, 5) is 63.3. The summed E-state index contributed by atoms with van der Waals surface area (Å²) in [5, 5.41) is 16.7. The van der Waals surface area contributed by atoms with Crippen molar-refractivity contribution in [2.45, 2.75) is 70.6 Å². The average Bonchev–Trinajstić information content (AvgIpc) is 2.70. The SMILES string of the molecule is CC(NC(=O)C(N)CCC(N)=O)C(=O)NC(C(=O)NC(CCCN=C(N)N)C(=O)O)C(C)C. The van der Waals surface area contributed by atoms with Gasteiger partial charge in [0.1, 0.15) is 18.1 Å². The summed E-state index contributed by atoms with van der Waals surface area (Å²) < 4.78 is 0. The number of aliphatic imine (C=N–C) groups is 1. The van der Waals surface area contributed by atoms with E-state index in [9.17, 15) is 29.1 Å². The van der Waals surface area contributed by atoms with Crippen molar-refractivity contribution in [2.75, 3.05) is 6.54 Å². The molecule has 0 saturated heterocycles. The van der Waals surface area contributed by atoms with Crippen molar-refractivity contribution < 1.29 is 29.1 Å². The summed E-state index contributed by atoms with van der Waals surface area (Å²) in [5.41, 5.74) is 21.1. The number of nitrogens with one attached hydrogen (secondary N) is 3. The van der Waals surface area contributed by atoms with E-state index in [1.54, 1.807) is 13.8 Å². The topological polar surface area (TPSA) is 258 Å². The zero-order valence-corrected chi connectivity index (χ0v) is 19.2. The number of amides is 4. The van der Waals surface area contributed by atoms with Crippen LogP contribution < -0.4 is 38.9 Å². The van der Waals surface area contributed by atoms with Gasteiger partial charge in [0.25, 0.3) is 0 Å². The van der Waals surface area contributed by atoms with Crippen molar-refractivity contribution in [3.63, 3.8) is 0 Å². The molecule has 4 atom stereocenters. The molecular weight excluding hydrogens is 436 g/mol. The highest BCUT2D eigenvalue weighted by Gasteiger charge is 2.30. The molecule has 0 aromatic heterocycles. The molecule has 14 heteroatoms. The van der Waals surface area contributed by atoms with E-state index in [0.29, 0.717) is 6.42 Å². The maximum Gasteiger partial charge on any atom is 0.326 e. The van der Waals surface area contributed by atoms with Gasteiger partial charge in [-0.1, -0.05) is 13.8 Å². The number of nitrogens with zero attached hydrogens (tertiary/aromatic N) is 1. The molecule has 0 heterocycles. The van der Waals surface area contributed by atoms with Crippen LogP contribution in [0.15, 0.2) is 4.99 Å². The van der Waals surface area contributed by atoms with Crippen LogP contribution in [-0.2, 0) is 24.0 Å². The van der Waals surface area contributed by atoms with Crippen LogP contribution >= 0.6 is 0 Å². The number of carboxylic acid groups (broad SMARTS) is 1. The first-order valence-electron chi connectivity index (χ1n) is 10.5. The molecule has 0 spiro atoms.